The zero-order chi connectivity index (χ0) is 20.1. The summed E-state index contributed by atoms with van der Waals surface area (Å²) in [6.07, 6.45) is 4.40. The zero-order valence-electron chi connectivity index (χ0n) is 16.2. The molecule has 0 atom stereocenters. The number of fused-ring (bicyclic) bond motifs is 1. The van der Waals surface area contributed by atoms with Crippen LogP contribution >= 0.6 is 0 Å². The van der Waals surface area contributed by atoms with E-state index in [4.69, 9.17) is 4.74 Å². The number of hydrogen-bond donors (Lipinski definition) is 1. The maximum absolute atomic E-state index is 12.8. The molecule has 0 fully saturated rings. The lowest BCUT2D eigenvalue weighted by molar-refractivity contribution is -0.118. The molecule has 1 aliphatic carbocycles. The molecule has 1 N–H and O–H groups in total. The summed E-state index contributed by atoms with van der Waals surface area (Å²) in [5.74, 6) is 0.372. The Balaban J connectivity index is 1.45. The minimum atomic E-state index is -0.285. The predicted molar refractivity (Wildman–Crippen MR) is 114 cm³/mol. The molecular weight excluding hydrogens is 362 g/mol. The van der Waals surface area contributed by atoms with E-state index in [1.165, 1.54) is 17.5 Å². The highest BCUT2D eigenvalue weighted by atomic mass is 16.5. The van der Waals surface area contributed by atoms with Crippen LogP contribution in [-0.2, 0) is 17.6 Å². The van der Waals surface area contributed by atoms with Crippen molar-refractivity contribution in [2.45, 2.75) is 25.7 Å². The lowest BCUT2D eigenvalue weighted by atomic mass is 9.91. The van der Waals surface area contributed by atoms with Gasteiger partial charge in [-0.3, -0.25) is 9.59 Å². The molecule has 0 radical (unpaired) electrons. The topological polar surface area (TPSA) is 55.4 Å². The summed E-state index contributed by atoms with van der Waals surface area (Å²) in [5.41, 5.74) is 4.06. The first-order chi connectivity index (χ1) is 14.2. The Hall–Kier alpha value is -3.40. The highest BCUT2D eigenvalue weighted by Crippen LogP contribution is 2.29. The molecule has 0 bridgehead atoms. The van der Waals surface area contributed by atoms with Gasteiger partial charge >= 0.3 is 0 Å². The lowest BCUT2D eigenvalue weighted by Gasteiger charge is -2.19. The summed E-state index contributed by atoms with van der Waals surface area (Å²) in [4.78, 5) is 25.3. The van der Waals surface area contributed by atoms with Crippen molar-refractivity contribution in [2.24, 2.45) is 0 Å². The number of benzene rings is 3. The first-order valence-corrected chi connectivity index (χ1v) is 9.94. The fourth-order valence-electron chi connectivity index (χ4n) is 3.75. The summed E-state index contributed by atoms with van der Waals surface area (Å²) < 4.78 is 5.83. The molecule has 3 aromatic carbocycles. The van der Waals surface area contributed by atoms with Crippen LogP contribution in [0.25, 0.3) is 0 Å². The van der Waals surface area contributed by atoms with E-state index < -0.39 is 0 Å². The summed E-state index contributed by atoms with van der Waals surface area (Å²) in [7, 11) is 0. The highest BCUT2D eigenvalue weighted by molar-refractivity contribution is 6.13. The third kappa shape index (κ3) is 4.37. The monoisotopic (exact) mass is 385 g/mol. The van der Waals surface area contributed by atoms with Gasteiger partial charge in [-0.05, 0) is 55.0 Å². The molecule has 0 spiro atoms. The lowest BCUT2D eigenvalue weighted by Crippen LogP contribution is -2.22. The maximum Gasteiger partial charge on any atom is 0.262 e. The molecule has 0 unspecified atom stereocenters. The van der Waals surface area contributed by atoms with Crippen LogP contribution in [0, 0.1) is 0 Å². The molecule has 4 heteroatoms. The first-order valence-electron chi connectivity index (χ1n) is 9.94. The Morgan fingerprint density at radius 1 is 0.828 bits per heavy atom. The van der Waals surface area contributed by atoms with E-state index in [0.717, 1.165) is 25.0 Å². The van der Waals surface area contributed by atoms with Gasteiger partial charge in [-0.25, -0.2) is 0 Å². The van der Waals surface area contributed by atoms with E-state index >= 15 is 0 Å². The predicted octanol–water partition coefficient (Wildman–Crippen LogP) is 4.81. The highest BCUT2D eigenvalue weighted by Gasteiger charge is 2.17. The molecule has 0 heterocycles. The van der Waals surface area contributed by atoms with Gasteiger partial charge in [0, 0.05) is 11.1 Å². The second-order valence-corrected chi connectivity index (χ2v) is 7.18. The molecule has 146 valence electrons. The van der Waals surface area contributed by atoms with Crippen molar-refractivity contribution in [3.8, 4) is 5.75 Å². The number of para-hydroxylation sites is 1. The van der Waals surface area contributed by atoms with Gasteiger partial charge in [0.15, 0.2) is 12.4 Å². The molecule has 0 saturated carbocycles. The van der Waals surface area contributed by atoms with Crippen LogP contribution in [0.15, 0.2) is 72.8 Å². The smallest absolute Gasteiger partial charge is 0.262 e. The number of ketones is 1. The number of hydrogen-bond acceptors (Lipinski definition) is 3. The normalized spacial score (nSPS) is 12.7. The Labute approximate surface area is 170 Å². The maximum atomic E-state index is 12.8. The van der Waals surface area contributed by atoms with E-state index in [2.05, 4.69) is 11.4 Å². The molecule has 29 heavy (non-hydrogen) atoms. The van der Waals surface area contributed by atoms with Crippen LogP contribution in [-0.4, -0.2) is 18.3 Å². The van der Waals surface area contributed by atoms with Gasteiger partial charge in [0.05, 0.1) is 5.69 Å². The van der Waals surface area contributed by atoms with Gasteiger partial charge < -0.3 is 10.1 Å². The SMILES string of the molecule is O=C(COc1cccc2c1CCCC2)Nc1ccccc1C(=O)c1ccccc1. The van der Waals surface area contributed by atoms with Crippen molar-refractivity contribution >= 4 is 17.4 Å². The Bertz CT molecular complexity index is 1030. The van der Waals surface area contributed by atoms with Gasteiger partial charge in [-0.2, -0.15) is 0 Å². The van der Waals surface area contributed by atoms with Crippen LogP contribution in [0.2, 0.25) is 0 Å². The van der Waals surface area contributed by atoms with Gasteiger partial charge in [-0.15, -0.1) is 0 Å². The Kier molecular flexibility index (Phi) is 5.71. The number of amides is 1. The molecular formula is C25H23NO3. The Morgan fingerprint density at radius 3 is 2.45 bits per heavy atom. The zero-order valence-corrected chi connectivity index (χ0v) is 16.2. The van der Waals surface area contributed by atoms with Crippen molar-refractivity contribution in [1.82, 2.24) is 0 Å². The minimum absolute atomic E-state index is 0.0929. The second kappa shape index (κ2) is 8.74. The van der Waals surface area contributed by atoms with Gasteiger partial charge in [0.1, 0.15) is 5.75 Å². The largest absolute Gasteiger partial charge is 0.483 e. The molecule has 0 aromatic heterocycles. The van der Waals surface area contributed by atoms with E-state index in [9.17, 15) is 9.59 Å². The van der Waals surface area contributed by atoms with Crippen molar-refractivity contribution in [2.75, 3.05) is 11.9 Å². The summed E-state index contributed by atoms with van der Waals surface area (Å²) in [6, 6.07) is 22.1. The molecule has 1 amide bonds. The number of carbonyl (C=O) groups is 2. The fourth-order valence-corrected chi connectivity index (χ4v) is 3.75. The fraction of sp³-hybridized carbons (Fsp3) is 0.200. The summed E-state index contributed by atoms with van der Waals surface area (Å²) in [5, 5.41) is 2.83. The van der Waals surface area contributed by atoms with Gasteiger partial charge in [-0.1, -0.05) is 54.6 Å². The van der Waals surface area contributed by atoms with Crippen molar-refractivity contribution < 1.29 is 14.3 Å². The number of carbonyl (C=O) groups excluding carboxylic acids is 2. The van der Waals surface area contributed by atoms with Crippen molar-refractivity contribution in [3.63, 3.8) is 0 Å². The van der Waals surface area contributed by atoms with Crippen LogP contribution < -0.4 is 10.1 Å². The van der Waals surface area contributed by atoms with E-state index in [-0.39, 0.29) is 18.3 Å². The third-order valence-corrected chi connectivity index (χ3v) is 5.19. The van der Waals surface area contributed by atoms with Gasteiger partial charge in [0.25, 0.3) is 5.91 Å². The quantitative estimate of drug-likeness (QED) is 0.619. The number of aryl methyl sites for hydroxylation is 1. The third-order valence-electron chi connectivity index (χ3n) is 5.19. The number of rotatable bonds is 6. The standard InChI is InChI=1S/C25H23NO3/c27-24(17-29-23-16-8-12-18-9-4-5-13-20(18)23)26-22-15-7-6-14-21(22)25(28)19-10-2-1-3-11-19/h1-3,6-8,10-12,14-16H,4-5,9,13,17H2,(H,26,27). The van der Waals surface area contributed by atoms with E-state index in [1.807, 2.05) is 30.3 Å². The average Bonchev–Trinajstić information content (AvgIpc) is 2.78. The first kappa shape index (κ1) is 18.9. The van der Waals surface area contributed by atoms with Crippen LogP contribution in [0.1, 0.15) is 39.9 Å². The molecule has 4 rings (SSSR count). The summed E-state index contributed by atoms with van der Waals surface area (Å²) in [6.45, 7) is -0.0929. The molecule has 3 aromatic rings. The minimum Gasteiger partial charge on any atom is -0.483 e. The molecule has 1 aliphatic rings. The summed E-state index contributed by atoms with van der Waals surface area (Å²) >= 11 is 0. The van der Waals surface area contributed by atoms with Crippen LogP contribution in [0.3, 0.4) is 0 Å². The van der Waals surface area contributed by atoms with Crippen LogP contribution in [0.5, 0.6) is 5.75 Å². The average molecular weight is 385 g/mol. The van der Waals surface area contributed by atoms with Gasteiger partial charge in [0.2, 0.25) is 0 Å². The van der Waals surface area contributed by atoms with Crippen LogP contribution in [0.4, 0.5) is 5.69 Å². The second-order valence-electron chi connectivity index (χ2n) is 7.18. The van der Waals surface area contributed by atoms with E-state index in [0.29, 0.717) is 16.8 Å². The molecule has 0 aliphatic heterocycles. The van der Waals surface area contributed by atoms with Crippen molar-refractivity contribution in [3.05, 3.63) is 95.1 Å². The Morgan fingerprint density at radius 2 is 1.59 bits per heavy atom. The number of anilines is 1. The number of ether oxygens (including phenoxy) is 1. The van der Waals surface area contributed by atoms with Crippen molar-refractivity contribution in [1.29, 1.82) is 0 Å². The molecule has 4 nitrogen and oxygen atoms in total. The number of nitrogens with one attached hydrogen (secondary N) is 1. The van der Waals surface area contributed by atoms with E-state index in [1.54, 1.807) is 36.4 Å². The molecule has 0 saturated heterocycles.